The minimum absolute atomic E-state index is 0.0713. The zero-order chi connectivity index (χ0) is 21.6. The minimum atomic E-state index is -0.581. The molecule has 0 bridgehead atoms. The zero-order valence-electron chi connectivity index (χ0n) is 17.0. The number of nitrogens with one attached hydrogen (secondary N) is 1. The van der Waals surface area contributed by atoms with Gasteiger partial charge in [0, 0.05) is 12.3 Å². The number of carbonyl (C=O) groups is 2. The average Bonchev–Trinajstić information content (AvgIpc) is 3.17. The highest BCUT2D eigenvalue weighted by Crippen LogP contribution is 2.21. The van der Waals surface area contributed by atoms with Crippen LogP contribution in [0.4, 0.5) is 5.82 Å². The monoisotopic (exact) mass is 411 g/mol. The van der Waals surface area contributed by atoms with E-state index in [1.54, 1.807) is 35.7 Å². The molecule has 31 heavy (non-hydrogen) atoms. The summed E-state index contributed by atoms with van der Waals surface area (Å²) in [6.45, 7) is 1.94. The van der Waals surface area contributed by atoms with Gasteiger partial charge in [-0.25, -0.2) is 9.78 Å². The number of carbonyl (C=O) groups excluding carboxylic acids is 2. The molecule has 0 aliphatic carbocycles. The highest BCUT2D eigenvalue weighted by atomic mass is 16.5. The molecule has 6 heteroatoms. The van der Waals surface area contributed by atoms with E-state index in [1.165, 1.54) is 6.08 Å². The van der Waals surface area contributed by atoms with Gasteiger partial charge in [-0.15, -0.1) is 0 Å². The van der Waals surface area contributed by atoms with Crippen molar-refractivity contribution in [2.45, 2.75) is 6.92 Å². The predicted molar refractivity (Wildman–Crippen MR) is 121 cm³/mol. The number of rotatable bonds is 6. The van der Waals surface area contributed by atoms with E-state index in [-0.39, 0.29) is 24.0 Å². The summed E-state index contributed by atoms with van der Waals surface area (Å²) in [6.07, 6.45) is 4.87. The van der Waals surface area contributed by atoms with E-state index in [9.17, 15) is 9.59 Å². The molecule has 0 saturated carbocycles. The predicted octanol–water partition coefficient (Wildman–Crippen LogP) is 4.83. The molecule has 0 radical (unpaired) electrons. The fraction of sp³-hybridized carbons (Fsp3) is 0.0800. The fourth-order valence-corrected chi connectivity index (χ4v) is 3.20. The van der Waals surface area contributed by atoms with Crippen molar-refractivity contribution in [2.24, 2.45) is 0 Å². The molecular weight excluding hydrogens is 390 g/mol. The first kappa shape index (κ1) is 20.1. The Hall–Kier alpha value is -4.19. The summed E-state index contributed by atoms with van der Waals surface area (Å²) in [5, 5.41) is 2.75. The summed E-state index contributed by atoms with van der Waals surface area (Å²) in [5.41, 5.74) is 3.74. The van der Waals surface area contributed by atoms with Crippen LogP contribution in [0.25, 0.3) is 22.9 Å². The Labute approximate surface area is 179 Å². The lowest BCUT2D eigenvalue weighted by Gasteiger charge is -2.05. The Morgan fingerprint density at radius 3 is 2.42 bits per heavy atom. The Kier molecular flexibility index (Phi) is 5.89. The lowest BCUT2D eigenvalue weighted by atomic mass is 10.0. The van der Waals surface area contributed by atoms with Crippen LogP contribution in [-0.2, 0) is 9.53 Å². The summed E-state index contributed by atoms with van der Waals surface area (Å²) in [5.74, 6) is -0.673. The molecular formula is C25H21N3O3. The lowest BCUT2D eigenvalue weighted by Crippen LogP contribution is -2.14. The number of nitrogens with zero attached hydrogens (tertiary/aromatic N) is 2. The number of pyridine rings is 1. The summed E-state index contributed by atoms with van der Waals surface area (Å²) in [7, 11) is 0. The number of ether oxygens (including phenoxy) is 1. The van der Waals surface area contributed by atoms with E-state index < -0.39 is 5.97 Å². The normalized spacial score (nSPS) is 11.0. The zero-order valence-corrected chi connectivity index (χ0v) is 17.0. The molecule has 2 heterocycles. The molecule has 0 unspecified atom stereocenters. The van der Waals surface area contributed by atoms with Crippen LogP contribution in [-0.4, -0.2) is 27.9 Å². The van der Waals surface area contributed by atoms with Gasteiger partial charge in [0.25, 0.3) is 0 Å². The van der Waals surface area contributed by atoms with Gasteiger partial charge < -0.3 is 10.1 Å². The Bertz CT molecular complexity index is 1240. The Balaban J connectivity index is 1.52. The Morgan fingerprint density at radius 1 is 0.968 bits per heavy atom. The van der Waals surface area contributed by atoms with Crippen molar-refractivity contribution in [1.29, 1.82) is 0 Å². The van der Waals surface area contributed by atoms with Gasteiger partial charge >= 0.3 is 5.97 Å². The number of aromatic nitrogens is 2. The first-order chi connectivity index (χ1) is 15.2. The van der Waals surface area contributed by atoms with Crippen molar-refractivity contribution in [3.63, 3.8) is 0 Å². The van der Waals surface area contributed by atoms with E-state index >= 15 is 0 Å². The molecule has 154 valence electrons. The van der Waals surface area contributed by atoms with Gasteiger partial charge in [0.05, 0.1) is 6.61 Å². The number of esters is 1. The molecule has 0 fully saturated rings. The van der Waals surface area contributed by atoms with Crippen LogP contribution in [0.3, 0.4) is 0 Å². The molecule has 0 aliphatic rings. The first-order valence-corrected chi connectivity index (χ1v) is 9.94. The van der Waals surface area contributed by atoms with E-state index in [0.717, 1.165) is 16.7 Å². The number of fused-ring (bicyclic) bond motifs is 1. The van der Waals surface area contributed by atoms with Crippen molar-refractivity contribution in [3.05, 3.63) is 96.3 Å². The maximum Gasteiger partial charge on any atom is 0.360 e. The quantitative estimate of drug-likeness (QED) is 0.364. The molecule has 4 rings (SSSR count). The smallest absolute Gasteiger partial charge is 0.360 e. The number of benzene rings is 2. The second-order valence-corrected chi connectivity index (χ2v) is 6.77. The molecule has 1 N–H and O–H groups in total. The van der Waals surface area contributed by atoms with E-state index in [4.69, 9.17) is 4.74 Å². The highest BCUT2D eigenvalue weighted by molar-refractivity contribution is 6.05. The third-order valence-electron chi connectivity index (χ3n) is 4.69. The maximum absolute atomic E-state index is 12.6. The molecule has 2 aromatic heterocycles. The van der Waals surface area contributed by atoms with Crippen LogP contribution in [0.2, 0.25) is 0 Å². The van der Waals surface area contributed by atoms with Crippen molar-refractivity contribution in [2.75, 3.05) is 11.9 Å². The van der Waals surface area contributed by atoms with E-state index in [0.29, 0.717) is 5.65 Å². The van der Waals surface area contributed by atoms with Crippen LogP contribution in [0.1, 0.15) is 23.0 Å². The number of imidazole rings is 1. The van der Waals surface area contributed by atoms with Crippen LogP contribution in [0.15, 0.2) is 85.1 Å². The third-order valence-corrected chi connectivity index (χ3v) is 4.69. The number of hydrogen-bond donors (Lipinski definition) is 1. The molecule has 6 nitrogen and oxygen atoms in total. The topological polar surface area (TPSA) is 72.7 Å². The molecule has 1 amide bonds. The van der Waals surface area contributed by atoms with Gasteiger partial charge in [0.2, 0.25) is 5.91 Å². The second kappa shape index (κ2) is 9.09. The van der Waals surface area contributed by atoms with Crippen LogP contribution >= 0.6 is 0 Å². The Morgan fingerprint density at radius 2 is 1.68 bits per heavy atom. The second-order valence-electron chi connectivity index (χ2n) is 6.77. The van der Waals surface area contributed by atoms with E-state index in [2.05, 4.69) is 22.4 Å². The van der Waals surface area contributed by atoms with Crippen molar-refractivity contribution < 1.29 is 14.3 Å². The summed E-state index contributed by atoms with van der Waals surface area (Å²) < 4.78 is 6.72. The van der Waals surface area contributed by atoms with Gasteiger partial charge in [0.1, 0.15) is 5.65 Å². The van der Waals surface area contributed by atoms with Gasteiger partial charge in [-0.3, -0.25) is 9.20 Å². The average molecular weight is 411 g/mol. The highest BCUT2D eigenvalue weighted by Gasteiger charge is 2.21. The van der Waals surface area contributed by atoms with Crippen LogP contribution in [0, 0.1) is 0 Å². The molecule has 4 aromatic rings. The molecule has 0 spiro atoms. The number of amides is 1. The van der Waals surface area contributed by atoms with E-state index in [1.807, 2.05) is 48.5 Å². The summed E-state index contributed by atoms with van der Waals surface area (Å²) in [4.78, 5) is 29.1. The van der Waals surface area contributed by atoms with Crippen molar-refractivity contribution >= 4 is 29.4 Å². The molecule has 2 aromatic carbocycles. The lowest BCUT2D eigenvalue weighted by molar-refractivity contribution is -0.111. The van der Waals surface area contributed by atoms with Crippen molar-refractivity contribution in [3.8, 4) is 11.1 Å². The van der Waals surface area contributed by atoms with Crippen molar-refractivity contribution in [1.82, 2.24) is 9.38 Å². The maximum atomic E-state index is 12.6. The number of anilines is 1. The van der Waals surface area contributed by atoms with Gasteiger partial charge in [-0.2, -0.15) is 0 Å². The molecule has 0 aliphatic heterocycles. The summed E-state index contributed by atoms with van der Waals surface area (Å²) in [6, 6.07) is 23.4. The largest absolute Gasteiger partial charge is 0.461 e. The number of hydrogen-bond acceptors (Lipinski definition) is 4. The van der Waals surface area contributed by atoms with Gasteiger partial charge in [0.15, 0.2) is 11.5 Å². The standard InChI is InChI=1S/C25H21N3O3/c1-2-31-25(30)23-24(28-17-7-6-10-21(28)26-23)27-22(29)16-13-18-11-14-20(15-12-18)19-8-4-3-5-9-19/h3-17H,2H2,1H3,(H,27,29)/b16-13+. The van der Waals surface area contributed by atoms with Crippen LogP contribution in [0.5, 0.6) is 0 Å². The van der Waals surface area contributed by atoms with Gasteiger partial charge in [-0.05, 0) is 41.8 Å². The minimum Gasteiger partial charge on any atom is -0.461 e. The fourth-order valence-electron chi connectivity index (χ4n) is 3.20. The molecule has 0 saturated heterocycles. The van der Waals surface area contributed by atoms with Gasteiger partial charge in [-0.1, -0.05) is 60.7 Å². The SMILES string of the molecule is CCOC(=O)c1nc2ccccn2c1NC(=O)/C=C/c1ccc(-c2ccccc2)cc1. The summed E-state index contributed by atoms with van der Waals surface area (Å²) >= 11 is 0. The van der Waals surface area contributed by atoms with Crippen LogP contribution < -0.4 is 5.32 Å². The molecule has 0 atom stereocenters. The first-order valence-electron chi connectivity index (χ1n) is 9.94. The third kappa shape index (κ3) is 4.53.